The van der Waals surface area contributed by atoms with Gasteiger partial charge in [0.15, 0.2) is 0 Å². The van der Waals surface area contributed by atoms with E-state index in [1.807, 2.05) is 0 Å². The molecule has 3 aliphatic rings. The molecule has 0 N–H and O–H groups in total. The Balaban J connectivity index is 1.68. The molecule has 0 spiro atoms. The smallest absolute Gasteiger partial charge is 0.287 e. The van der Waals surface area contributed by atoms with Crippen LogP contribution in [0.3, 0.4) is 0 Å². The van der Waals surface area contributed by atoms with Gasteiger partial charge in [0.1, 0.15) is 0 Å². The number of Topliss-reactive ketones (excluding diaryl/α,β-unsaturated/α-hetero) is 1. The fourth-order valence-corrected chi connectivity index (χ4v) is 8.27. The normalized spacial score (nSPS) is 39.0. The van der Waals surface area contributed by atoms with Crippen LogP contribution >= 0.6 is 34.2 Å². The van der Waals surface area contributed by atoms with Gasteiger partial charge in [0.05, 0.1) is 0 Å². The zero-order valence-corrected chi connectivity index (χ0v) is 19.6. The number of hydrogen-bond acceptors (Lipinski definition) is 1. The van der Waals surface area contributed by atoms with E-state index < -0.39 is 17.1 Å². The van der Waals surface area contributed by atoms with Crippen molar-refractivity contribution in [3.63, 3.8) is 0 Å². The maximum absolute atomic E-state index is 15.5. The Morgan fingerprint density at radius 1 is 1.14 bits per heavy atom. The predicted molar refractivity (Wildman–Crippen MR) is 118 cm³/mol. The Bertz CT molecular complexity index is 792. The largest absolute Gasteiger partial charge is 0.310 e. The molecule has 0 aliphatic heterocycles. The van der Waals surface area contributed by atoms with Gasteiger partial charge < -0.3 is 0 Å². The molecule has 154 valence electrons. The number of alkyl halides is 3. The Hall–Kier alpha value is -0.230. The monoisotopic (exact) mass is 520 g/mol. The summed E-state index contributed by atoms with van der Waals surface area (Å²) >= 11 is 8.35. The molecule has 0 saturated heterocycles. The van der Waals surface area contributed by atoms with Gasteiger partial charge in [0.25, 0.3) is 0 Å². The van der Waals surface area contributed by atoms with E-state index in [4.69, 9.17) is 11.6 Å². The van der Waals surface area contributed by atoms with Gasteiger partial charge in [-0.05, 0) is 84.5 Å². The maximum atomic E-state index is 15.5. The molecule has 28 heavy (non-hydrogen) atoms. The quantitative estimate of drug-likeness (QED) is 0.227. The summed E-state index contributed by atoms with van der Waals surface area (Å²) in [5, 5.41) is 0.446. The van der Waals surface area contributed by atoms with Crippen LogP contribution < -0.4 is 0 Å². The highest BCUT2D eigenvalue weighted by Crippen LogP contribution is 2.76. The highest BCUT2D eigenvalue weighted by molar-refractivity contribution is 14.1. The van der Waals surface area contributed by atoms with Crippen molar-refractivity contribution in [1.82, 2.24) is 0 Å². The third kappa shape index (κ3) is 2.91. The summed E-state index contributed by atoms with van der Waals surface area (Å²) in [6.45, 7) is 6.78. The number of halogens is 4. The Kier molecular flexibility index (Phi) is 4.98. The minimum atomic E-state index is -3.35. The Morgan fingerprint density at radius 2 is 1.79 bits per heavy atom. The van der Waals surface area contributed by atoms with Gasteiger partial charge in [-0.3, -0.25) is 4.79 Å². The first-order valence-electron chi connectivity index (χ1n) is 10.3. The number of rotatable bonds is 4. The van der Waals surface area contributed by atoms with E-state index in [2.05, 4.69) is 43.4 Å². The molecule has 1 nitrogen and oxygen atoms in total. The summed E-state index contributed by atoms with van der Waals surface area (Å²) in [4.78, 5) is 12.8. The van der Waals surface area contributed by atoms with Crippen LogP contribution in [0.2, 0.25) is 5.02 Å². The van der Waals surface area contributed by atoms with Gasteiger partial charge in [-0.2, -0.15) is 8.78 Å². The number of carbonyl (C=O) groups is 1. The zero-order valence-electron chi connectivity index (χ0n) is 16.7. The van der Waals surface area contributed by atoms with E-state index in [9.17, 15) is 4.79 Å². The lowest BCUT2D eigenvalue weighted by Gasteiger charge is -2.67. The van der Waals surface area contributed by atoms with Crippen LogP contribution in [0.25, 0.3) is 0 Å². The van der Waals surface area contributed by atoms with E-state index in [0.717, 1.165) is 32.1 Å². The van der Waals surface area contributed by atoms with Gasteiger partial charge in [0, 0.05) is 20.9 Å². The van der Waals surface area contributed by atoms with Crippen LogP contribution in [-0.2, 0) is 0 Å². The molecular weight excluding hydrogens is 493 g/mol. The van der Waals surface area contributed by atoms with E-state index in [1.165, 1.54) is 24.3 Å². The van der Waals surface area contributed by atoms with E-state index >= 15 is 8.78 Å². The standard InChI is InChI=1S/C23H28ClF2IO/c1-20(2)12-17-16(20)8-10-21(3)18(27)9-11-22(17,21)13-23(25,26)19(28)14-4-6-15(24)7-5-14/h4-7,16-18H,8-13H2,1-3H3/t16-,17+,18?,21?,22?/m1/s1. The number of benzene rings is 1. The summed E-state index contributed by atoms with van der Waals surface area (Å²) in [5.74, 6) is -3.59. The van der Waals surface area contributed by atoms with Crippen LogP contribution in [0, 0.1) is 28.1 Å². The molecule has 3 aliphatic carbocycles. The highest BCUT2D eigenvalue weighted by Gasteiger charge is 2.70. The second-order valence-electron chi connectivity index (χ2n) is 10.2. The fourth-order valence-electron chi connectivity index (χ4n) is 6.90. The SMILES string of the molecule is CC1(C)C[C@H]2[C@H]1CCC1(C)C(I)CCC21CC(F)(F)C(=O)c1ccc(Cl)cc1. The first-order chi connectivity index (χ1) is 12.9. The summed E-state index contributed by atoms with van der Waals surface area (Å²) in [6.07, 6.45) is 4.61. The van der Waals surface area contributed by atoms with E-state index in [0.29, 0.717) is 20.8 Å². The molecule has 1 aromatic carbocycles. The first kappa shape index (κ1) is 21.0. The van der Waals surface area contributed by atoms with Crippen molar-refractivity contribution in [2.24, 2.45) is 28.1 Å². The van der Waals surface area contributed by atoms with Crippen LogP contribution in [0.1, 0.15) is 69.7 Å². The molecule has 5 heteroatoms. The van der Waals surface area contributed by atoms with Crippen LogP contribution in [0.5, 0.6) is 0 Å². The molecule has 0 heterocycles. The summed E-state index contributed by atoms with van der Waals surface area (Å²) in [6, 6.07) is 5.85. The molecule has 0 bridgehead atoms. The average molecular weight is 521 g/mol. The number of fused-ring (bicyclic) bond motifs is 3. The van der Waals surface area contributed by atoms with Gasteiger partial charge in [-0.15, -0.1) is 0 Å². The molecule has 4 rings (SSSR count). The van der Waals surface area contributed by atoms with Crippen molar-refractivity contribution in [3.05, 3.63) is 34.9 Å². The lowest BCUT2D eigenvalue weighted by atomic mass is 9.38. The number of carbonyl (C=O) groups excluding carboxylic acids is 1. The summed E-state index contributed by atoms with van der Waals surface area (Å²) in [5.41, 5.74) is -0.270. The topological polar surface area (TPSA) is 17.1 Å². The van der Waals surface area contributed by atoms with Gasteiger partial charge in [-0.25, -0.2) is 0 Å². The van der Waals surface area contributed by atoms with Crippen molar-refractivity contribution in [1.29, 1.82) is 0 Å². The molecule has 3 unspecified atom stereocenters. The van der Waals surface area contributed by atoms with Gasteiger partial charge in [-0.1, -0.05) is 55.0 Å². The van der Waals surface area contributed by atoms with Crippen molar-refractivity contribution in [2.45, 2.75) is 69.1 Å². The van der Waals surface area contributed by atoms with Crippen LogP contribution in [-0.4, -0.2) is 15.6 Å². The third-order valence-electron chi connectivity index (χ3n) is 8.57. The van der Waals surface area contributed by atoms with Crippen molar-refractivity contribution in [3.8, 4) is 0 Å². The van der Waals surface area contributed by atoms with Crippen molar-refractivity contribution >= 4 is 40.0 Å². The summed E-state index contributed by atoms with van der Waals surface area (Å²) < 4.78 is 31.3. The number of hydrogen-bond donors (Lipinski definition) is 0. The zero-order chi connectivity index (χ0) is 20.5. The molecular formula is C23H28ClF2IO. The molecule has 0 amide bonds. The minimum absolute atomic E-state index is 0.0535. The van der Waals surface area contributed by atoms with Crippen LogP contribution in [0.4, 0.5) is 8.78 Å². The first-order valence-corrected chi connectivity index (χ1v) is 11.9. The lowest BCUT2D eigenvalue weighted by Crippen LogP contribution is -2.62. The predicted octanol–water partition coefficient (Wildman–Crippen LogP) is 7.59. The Labute approximate surface area is 185 Å². The molecule has 1 aromatic rings. The third-order valence-corrected chi connectivity index (χ3v) is 10.8. The lowest BCUT2D eigenvalue weighted by molar-refractivity contribution is -0.196. The molecule has 0 aromatic heterocycles. The van der Waals surface area contributed by atoms with Crippen LogP contribution in [0.15, 0.2) is 24.3 Å². The molecule has 3 fully saturated rings. The fraction of sp³-hybridized carbons (Fsp3) is 0.696. The van der Waals surface area contributed by atoms with E-state index in [-0.39, 0.29) is 22.8 Å². The highest BCUT2D eigenvalue weighted by atomic mass is 127. The molecule has 3 saturated carbocycles. The molecule has 5 atom stereocenters. The van der Waals surface area contributed by atoms with Crippen molar-refractivity contribution in [2.75, 3.05) is 0 Å². The second-order valence-corrected chi connectivity index (χ2v) is 12.2. The van der Waals surface area contributed by atoms with Gasteiger partial charge in [0.2, 0.25) is 5.78 Å². The second kappa shape index (κ2) is 6.63. The number of ketones is 1. The Morgan fingerprint density at radius 3 is 2.39 bits per heavy atom. The molecule has 0 radical (unpaired) electrons. The van der Waals surface area contributed by atoms with Gasteiger partial charge >= 0.3 is 5.92 Å². The minimum Gasteiger partial charge on any atom is -0.287 e. The maximum Gasteiger partial charge on any atom is 0.310 e. The van der Waals surface area contributed by atoms with E-state index in [1.54, 1.807) is 0 Å². The summed E-state index contributed by atoms with van der Waals surface area (Å²) in [7, 11) is 0. The van der Waals surface area contributed by atoms with Crippen molar-refractivity contribution < 1.29 is 13.6 Å². The average Bonchev–Trinajstić information content (AvgIpc) is 2.86.